The number of hydrogen-bond donors (Lipinski definition) is 0. The Morgan fingerprint density at radius 1 is 1.00 bits per heavy atom. The molecule has 0 N–H and O–H groups in total. The van der Waals surface area contributed by atoms with Crippen molar-refractivity contribution in [2.75, 3.05) is 14.1 Å². The zero-order chi connectivity index (χ0) is 26.4. The monoisotopic (exact) mass is 559 g/mol. The molecule has 0 atom stereocenters. The number of aromatic nitrogens is 2. The lowest BCUT2D eigenvalue weighted by Crippen LogP contribution is -2.49. The Morgan fingerprint density at radius 3 is 1.82 bits per heavy atom. The summed E-state index contributed by atoms with van der Waals surface area (Å²) in [7, 11) is 2.60. The summed E-state index contributed by atoms with van der Waals surface area (Å²) < 4.78 is 121. The van der Waals surface area contributed by atoms with Crippen LogP contribution in [0.25, 0.3) is 5.69 Å². The maximum Gasteiger partial charge on any atom is 0.420 e. The third-order valence-corrected chi connectivity index (χ3v) is 5.25. The first kappa shape index (κ1) is 27.9. The highest BCUT2D eigenvalue weighted by Gasteiger charge is 2.73. The van der Waals surface area contributed by atoms with Gasteiger partial charge in [0.05, 0.1) is 27.5 Å². The van der Waals surface area contributed by atoms with Gasteiger partial charge in [0.25, 0.3) is 4.87 Å². The molecule has 17 heteroatoms. The minimum Gasteiger partial charge on any atom is -0.369 e. The minimum absolute atomic E-state index is 0.188. The number of hydrogen-bond acceptors (Lipinski definition) is 3. The van der Waals surface area contributed by atoms with E-state index in [4.69, 9.17) is 34.8 Å². The summed E-state index contributed by atoms with van der Waals surface area (Å²) in [4.78, 5) is -0.553. The van der Waals surface area contributed by atoms with E-state index >= 15 is 0 Å². The van der Waals surface area contributed by atoms with Crippen LogP contribution in [-0.2, 0) is 11.1 Å². The number of nitriles is 1. The molecule has 0 spiro atoms. The zero-order valence-electron chi connectivity index (χ0n) is 16.5. The molecule has 186 valence electrons. The van der Waals surface area contributed by atoms with Crippen LogP contribution in [0.2, 0.25) is 10.0 Å². The molecule has 0 aliphatic heterocycles. The van der Waals surface area contributed by atoms with Crippen molar-refractivity contribution < 1.29 is 39.5 Å². The van der Waals surface area contributed by atoms with E-state index < -0.39 is 61.8 Å². The highest BCUT2D eigenvalue weighted by atomic mass is 35.5. The van der Waals surface area contributed by atoms with E-state index in [0.717, 1.165) is 17.3 Å². The lowest BCUT2D eigenvalue weighted by atomic mass is 9.96. The number of aliphatic imine (C=N–C) groups is 1. The van der Waals surface area contributed by atoms with Crippen LogP contribution in [0.15, 0.2) is 17.1 Å². The molecule has 1 aromatic carbocycles. The van der Waals surface area contributed by atoms with E-state index in [9.17, 15) is 44.8 Å². The highest BCUT2D eigenvalue weighted by molar-refractivity contribution is 6.38. The topological polar surface area (TPSA) is 57.2 Å². The summed E-state index contributed by atoms with van der Waals surface area (Å²) in [6.07, 6.45) is -16.6. The number of benzene rings is 1. The molecular formula is C17H9Cl3F9N5. The smallest absolute Gasteiger partial charge is 0.369 e. The van der Waals surface area contributed by atoms with Crippen LogP contribution >= 0.6 is 34.8 Å². The van der Waals surface area contributed by atoms with E-state index in [-0.39, 0.29) is 4.68 Å². The molecule has 0 unspecified atom stereocenters. The van der Waals surface area contributed by atoms with Crippen molar-refractivity contribution >= 4 is 47.0 Å². The van der Waals surface area contributed by atoms with Gasteiger partial charge in [0.15, 0.2) is 11.5 Å². The van der Waals surface area contributed by atoms with Gasteiger partial charge in [0.2, 0.25) is 0 Å². The van der Waals surface area contributed by atoms with Crippen LogP contribution in [0.1, 0.15) is 16.8 Å². The quantitative estimate of drug-likeness (QED) is 0.178. The van der Waals surface area contributed by atoms with Crippen molar-refractivity contribution in [3.05, 3.63) is 39.0 Å². The van der Waals surface area contributed by atoms with Crippen LogP contribution in [0.3, 0.4) is 0 Å². The lowest BCUT2D eigenvalue weighted by Gasteiger charge is -2.31. The fourth-order valence-electron chi connectivity index (χ4n) is 2.63. The Labute approximate surface area is 199 Å². The van der Waals surface area contributed by atoms with Gasteiger partial charge in [-0.1, -0.05) is 34.8 Å². The molecule has 0 fully saturated rings. The Balaban J connectivity index is 3.08. The van der Waals surface area contributed by atoms with Gasteiger partial charge in [0.1, 0.15) is 11.8 Å². The predicted molar refractivity (Wildman–Crippen MR) is 105 cm³/mol. The van der Waals surface area contributed by atoms with Gasteiger partial charge in [-0.2, -0.15) is 49.9 Å². The van der Waals surface area contributed by atoms with Crippen LogP contribution in [-0.4, -0.2) is 47.5 Å². The predicted octanol–water partition coefficient (Wildman–Crippen LogP) is 6.85. The number of nitrogens with zero attached hydrogens (tertiary/aromatic N) is 5. The maximum atomic E-state index is 13.7. The van der Waals surface area contributed by atoms with Gasteiger partial charge in [-0.15, -0.1) is 0 Å². The Kier molecular flexibility index (Phi) is 7.39. The van der Waals surface area contributed by atoms with Crippen molar-refractivity contribution in [2.45, 2.75) is 23.4 Å². The third-order valence-electron chi connectivity index (χ3n) is 4.06. The summed E-state index contributed by atoms with van der Waals surface area (Å²) in [5.41, 5.74) is -5.52. The first-order chi connectivity index (χ1) is 15.3. The molecule has 5 nitrogen and oxygen atoms in total. The molecule has 0 amide bonds. The molecular weight excluding hydrogens is 552 g/mol. The average molecular weight is 561 g/mol. The van der Waals surface area contributed by atoms with E-state index in [0.29, 0.717) is 12.1 Å². The van der Waals surface area contributed by atoms with Gasteiger partial charge < -0.3 is 4.90 Å². The van der Waals surface area contributed by atoms with Crippen LogP contribution in [0, 0.1) is 11.3 Å². The summed E-state index contributed by atoms with van der Waals surface area (Å²) in [6, 6.07) is 1.70. The van der Waals surface area contributed by atoms with E-state index in [2.05, 4.69) is 10.1 Å². The summed E-state index contributed by atoms with van der Waals surface area (Å²) in [5, 5.41) is 10.9. The summed E-state index contributed by atoms with van der Waals surface area (Å²) in [6.45, 7) is 0. The molecule has 0 aliphatic carbocycles. The van der Waals surface area contributed by atoms with Crippen molar-refractivity contribution in [1.82, 2.24) is 14.7 Å². The number of alkyl halides is 10. The van der Waals surface area contributed by atoms with Crippen LogP contribution in [0.5, 0.6) is 0 Å². The van der Waals surface area contributed by atoms with Crippen LogP contribution in [0.4, 0.5) is 45.3 Å². The minimum atomic E-state index is -6.22. The maximum absolute atomic E-state index is 13.7. The molecule has 1 heterocycles. The molecule has 34 heavy (non-hydrogen) atoms. The Bertz CT molecular complexity index is 1120. The van der Waals surface area contributed by atoms with Gasteiger partial charge in [0, 0.05) is 14.1 Å². The second-order valence-corrected chi connectivity index (χ2v) is 8.10. The lowest BCUT2D eigenvalue weighted by molar-refractivity contribution is -0.272. The average Bonchev–Trinajstić information content (AvgIpc) is 3.00. The van der Waals surface area contributed by atoms with Gasteiger partial charge in [-0.25, -0.2) is 9.67 Å². The number of halogens is 12. The zero-order valence-corrected chi connectivity index (χ0v) is 18.8. The molecule has 2 rings (SSSR count). The van der Waals surface area contributed by atoms with E-state index in [1.54, 1.807) is 0 Å². The molecule has 0 saturated carbocycles. The largest absolute Gasteiger partial charge is 0.420 e. The first-order valence-electron chi connectivity index (χ1n) is 8.40. The van der Waals surface area contributed by atoms with E-state index in [1.165, 1.54) is 14.1 Å². The normalized spacial score (nSPS) is 13.4. The van der Waals surface area contributed by atoms with Crippen LogP contribution < -0.4 is 0 Å². The molecule has 0 aliphatic rings. The fraction of sp³-hybridized carbons (Fsp3) is 0.353. The molecule has 1 aromatic heterocycles. The standard InChI is InChI=1S/C17H9Cl3F9N5/c1-33(2)6-31-13-11(14(20,16(24,25)26)17(27,28)29)10(5-30)32-34(13)12-8(18)3-7(4-9(12)19)15(21,22)23/h3-4,6H,1-2H3. The molecule has 0 saturated heterocycles. The molecule has 0 bridgehead atoms. The Hall–Kier alpha value is -2.37. The Morgan fingerprint density at radius 2 is 1.47 bits per heavy atom. The second kappa shape index (κ2) is 9.01. The third kappa shape index (κ3) is 4.87. The highest BCUT2D eigenvalue weighted by Crippen LogP contribution is 2.58. The van der Waals surface area contributed by atoms with Gasteiger partial charge >= 0.3 is 18.5 Å². The fourth-order valence-corrected chi connectivity index (χ4v) is 3.45. The van der Waals surface area contributed by atoms with Gasteiger partial charge in [-0.05, 0) is 12.1 Å². The summed E-state index contributed by atoms with van der Waals surface area (Å²) >= 11 is 16.8. The van der Waals surface area contributed by atoms with Crippen molar-refractivity contribution in [2.24, 2.45) is 4.99 Å². The van der Waals surface area contributed by atoms with Crippen molar-refractivity contribution in [1.29, 1.82) is 5.26 Å². The summed E-state index contributed by atoms with van der Waals surface area (Å²) in [5.74, 6) is -1.29. The van der Waals surface area contributed by atoms with E-state index in [1.807, 2.05) is 0 Å². The first-order valence-corrected chi connectivity index (χ1v) is 9.54. The van der Waals surface area contributed by atoms with Gasteiger partial charge in [-0.3, -0.25) is 0 Å². The van der Waals surface area contributed by atoms with Crippen molar-refractivity contribution in [3.63, 3.8) is 0 Å². The second-order valence-electron chi connectivity index (χ2n) is 6.72. The SMILES string of the molecule is CN(C)C=Nc1c(C(Cl)(C(F)(F)F)C(F)(F)F)c(C#N)nn1-c1c(Cl)cc(C(F)(F)F)cc1Cl. The van der Waals surface area contributed by atoms with Crippen molar-refractivity contribution in [3.8, 4) is 11.8 Å². The number of rotatable bonds is 4. The molecule has 2 aromatic rings. The molecule has 0 radical (unpaired) electrons.